The van der Waals surface area contributed by atoms with Gasteiger partial charge in [-0.25, -0.2) is 0 Å². The number of nitrogens with zero attached hydrogens (tertiary/aromatic N) is 2. The fourth-order valence-corrected chi connectivity index (χ4v) is 3.80. The van der Waals surface area contributed by atoms with Gasteiger partial charge in [0.25, 0.3) is 5.91 Å². The first-order chi connectivity index (χ1) is 12.1. The second-order valence-corrected chi connectivity index (χ2v) is 6.59. The average Bonchev–Trinajstić information content (AvgIpc) is 2.62. The summed E-state index contributed by atoms with van der Waals surface area (Å²) in [7, 11) is 0. The minimum Gasteiger partial charge on any atom is -0.368 e. The van der Waals surface area contributed by atoms with Gasteiger partial charge < -0.3 is 15.1 Å². The van der Waals surface area contributed by atoms with Gasteiger partial charge in [-0.2, -0.15) is 0 Å². The number of amides is 2. The van der Waals surface area contributed by atoms with Crippen LogP contribution in [-0.2, 0) is 11.2 Å². The molecule has 2 aromatic rings. The third-order valence-corrected chi connectivity index (χ3v) is 4.85. The number of carbonyl (C=O) groups is 2. The van der Waals surface area contributed by atoms with Crippen molar-refractivity contribution in [2.75, 3.05) is 34.8 Å². The number of carbonyl (C=O) groups excluding carboxylic acids is 2. The monoisotopic (exact) mass is 335 g/mol. The number of para-hydroxylation sites is 1. The molecule has 2 aliphatic rings. The molecule has 5 nitrogen and oxygen atoms in total. The van der Waals surface area contributed by atoms with Gasteiger partial charge in [0.05, 0.1) is 11.4 Å². The van der Waals surface area contributed by atoms with Crippen LogP contribution in [0.2, 0.25) is 0 Å². The molecule has 0 saturated carbocycles. The van der Waals surface area contributed by atoms with E-state index < -0.39 is 0 Å². The molecule has 0 aliphatic carbocycles. The molecule has 0 atom stereocenters. The summed E-state index contributed by atoms with van der Waals surface area (Å²) < 4.78 is 0. The third kappa shape index (κ3) is 2.86. The molecule has 1 N–H and O–H groups in total. The van der Waals surface area contributed by atoms with Crippen LogP contribution in [0.15, 0.2) is 42.5 Å². The molecule has 25 heavy (non-hydrogen) atoms. The van der Waals surface area contributed by atoms with E-state index in [4.69, 9.17) is 0 Å². The van der Waals surface area contributed by atoms with E-state index in [1.54, 1.807) is 24.3 Å². The van der Waals surface area contributed by atoms with Gasteiger partial charge in [0.2, 0.25) is 5.91 Å². The highest BCUT2D eigenvalue weighted by atomic mass is 16.2. The van der Waals surface area contributed by atoms with Gasteiger partial charge in [-0.05, 0) is 42.7 Å². The molecule has 2 heterocycles. The summed E-state index contributed by atoms with van der Waals surface area (Å²) in [6, 6.07) is 13.4. The summed E-state index contributed by atoms with van der Waals surface area (Å²) >= 11 is 0. The summed E-state index contributed by atoms with van der Waals surface area (Å²) in [6.07, 6.45) is 2.24. The number of benzene rings is 2. The van der Waals surface area contributed by atoms with Crippen LogP contribution in [0, 0.1) is 0 Å². The highest BCUT2D eigenvalue weighted by Crippen LogP contribution is 2.39. The fraction of sp³-hybridized carbons (Fsp3) is 0.300. The number of hydrogen-bond acceptors (Lipinski definition) is 3. The van der Waals surface area contributed by atoms with Gasteiger partial charge in [-0.1, -0.05) is 18.2 Å². The predicted molar refractivity (Wildman–Crippen MR) is 99.4 cm³/mol. The van der Waals surface area contributed by atoms with Crippen LogP contribution >= 0.6 is 0 Å². The van der Waals surface area contributed by atoms with Gasteiger partial charge in [-0.3, -0.25) is 9.59 Å². The molecule has 0 unspecified atom stereocenters. The van der Waals surface area contributed by atoms with Crippen LogP contribution in [0.25, 0.3) is 0 Å². The predicted octanol–water partition coefficient (Wildman–Crippen LogP) is 3.06. The Morgan fingerprint density at radius 1 is 1.04 bits per heavy atom. The Kier molecular flexibility index (Phi) is 3.92. The largest absolute Gasteiger partial charge is 0.368 e. The summed E-state index contributed by atoms with van der Waals surface area (Å²) in [4.78, 5) is 28.6. The van der Waals surface area contributed by atoms with Gasteiger partial charge in [0.15, 0.2) is 0 Å². The normalized spacial score (nSPS) is 15.6. The summed E-state index contributed by atoms with van der Waals surface area (Å²) in [5.74, 6) is -0.166. The van der Waals surface area contributed by atoms with Crippen LogP contribution in [0.1, 0.15) is 29.3 Å². The SMILES string of the molecule is CC(=O)Nc1cccc(C(=O)N2CCN3CCCc4cccc2c43)c1. The Hall–Kier alpha value is -2.82. The quantitative estimate of drug-likeness (QED) is 0.918. The maximum absolute atomic E-state index is 13.1. The Morgan fingerprint density at radius 2 is 1.88 bits per heavy atom. The van der Waals surface area contributed by atoms with Crippen molar-refractivity contribution in [3.63, 3.8) is 0 Å². The van der Waals surface area contributed by atoms with E-state index in [0.717, 1.165) is 25.2 Å². The van der Waals surface area contributed by atoms with Crippen molar-refractivity contribution in [3.8, 4) is 0 Å². The highest BCUT2D eigenvalue weighted by Gasteiger charge is 2.30. The van der Waals surface area contributed by atoms with E-state index >= 15 is 0 Å². The van der Waals surface area contributed by atoms with E-state index in [2.05, 4.69) is 16.3 Å². The summed E-state index contributed by atoms with van der Waals surface area (Å²) in [5.41, 5.74) is 4.78. The molecular formula is C20H21N3O2. The lowest BCUT2D eigenvalue weighted by Gasteiger charge is -2.41. The molecule has 128 valence electrons. The molecule has 0 spiro atoms. The van der Waals surface area contributed by atoms with E-state index in [1.807, 2.05) is 17.0 Å². The number of hydrogen-bond donors (Lipinski definition) is 1. The third-order valence-electron chi connectivity index (χ3n) is 4.85. The highest BCUT2D eigenvalue weighted by molar-refractivity contribution is 6.09. The Morgan fingerprint density at radius 3 is 2.72 bits per heavy atom. The molecule has 0 fully saturated rings. The maximum Gasteiger partial charge on any atom is 0.258 e. The Bertz CT molecular complexity index is 847. The first kappa shape index (κ1) is 15.7. The smallest absolute Gasteiger partial charge is 0.258 e. The molecule has 5 heteroatoms. The van der Waals surface area contributed by atoms with Crippen molar-refractivity contribution in [1.29, 1.82) is 0 Å². The van der Waals surface area contributed by atoms with Crippen LogP contribution in [0.4, 0.5) is 17.1 Å². The number of anilines is 3. The van der Waals surface area contributed by atoms with Crippen molar-refractivity contribution in [2.24, 2.45) is 0 Å². The average molecular weight is 335 g/mol. The molecule has 0 bridgehead atoms. The lowest BCUT2D eigenvalue weighted by molar-refractivity contribution is -0.114. The van der Waals surface area contributed by atoms with E-state index in [-0.39, 0.29) is 11.8 Å². The number of aryl methyl sites for hydroxylation is 1. The zero-order valence-electron chi connectivity index (χ0n) is 14.3. The molecule has 2 aliphatic heterocycles. The molecule has 4 rings (SSSR count). The molecule has 0 saturated heterocycles. The number of nitrogens with one attached hydrogen (secondary N) is 1. The maximum atomic E-state index is 13.1. The minimum absolute atomic E-state index is 0.0224. The Labute approximate surface area is 147 Å². The molecule has 2 amide bonds. The van der Waals surface area contributed by atoms with Crippen molar-refractivity contribution in [1.82, 2.24) is 0 Å². The lowest BCUT2D eigenvalue weighted by atomic mass is 9.97. The molecule has 0 radical (unpaired) electrons. The first-order valence-corrected chi connectivity index (χ1v) is 8.70. The fourth-order valence-electron chi connectivity index (χ4n) is 3.80. The summed E-state index contributed by atoms with van der Waals surface area (Å²) in [5, 5.41) is 2.74. The topological polar surface area (TPSA) is 52.7 Å². The molecular weight excluding hydrogens is 314 g/mol. The van der Waals surface area contributed by atoms with Crippen molar-refractivity contribution in [2.45, 2.75) is 19.8 Å². The van der Waals surface area contributed by atoms with Crippen LogP contribution < -0.4 is 15.1 Å². The molecule has 2 aromatic carbocycles. The van der Waals surface area contributed by atoms with Crippen molar-refractivity contribution >= 4 is 28.9 Å². The Balaban J connectivity index is 1.69. The van der Waals surface area contributed by atoms with Gasteiger partial charge in [-0.15, -0.1) is 0 Å². The zero-order valence-corrected chi connectivity index (χ0v) is 14.3. The second kappa shape index (κ2) is 6.24. The first-order valence-electron chi connectivity index (χ1n) is 8.70. The standard InChI is InChI=1S/C20H21N3O2/c1-14(24)21-17-8-2-6-16(13-17)20(25)23-12-11-22-10-4-7-15-5-3-9-18(23)19(15)22/h2-3,5-6,8-9,13H,4,7,10-12H2,1H3,(H,21,24). The van der Waals surface area contributed by atoms with Crippen LogP contribution in [-0.4, -0.2) is 31.4 Å². The van der Waals surface area contributed by atoms with Gasteiger partial charge in [0, 0.05) is 37.8 Å². The van der Waals surface area contributed by atoms with Gasteiger partial charge >= 0.3 is 0 Å². The zero-order chi connectivity index (χ0) is 17.4. The van der Waals surface area contributed by atoms with Gasteiger partial charge in [0.1, 0.15) is 0 Å². The van der Waals surface area contributed by atoms with E-state index in [0.29, 0.717) is 17.8 Å². The lowest BCUT2D eigenvalue weighted by Crippen LogP contribution is -2.46. The van der Waals surface area contributed by atoms with Crippen molar-refractivity contribution < 1.29 is 9.59 Å². The minimum atomic E-state index is -0.143. The van der Waals surface area contributed by atoms with E-state index in [1.165, 1.54) is 24.6 Å². The second-order valence-electron chi connectivity index (χ2n) is 6.59. The van der Waals surface area contributed by atoms with Crippen molar-refractivity contribution in [3.05, 3.63) is 53.6 Å². The van der Waals surface area contributed by atoms with E-state index in [9.17, 15) is 9.59 Å². The molecule has 0 aromatic heterocycles. The van der Waals surface area contributed by atoms with Crippen LogP contribution in [0.5, 0.6) is 0 Å². The summed E-state index contributed by atoms with van der Waals surface area (Å²) in [6.45, 7) is 4.06. The number of rotatable bonds is 2. The van der Waals surface area contributed by atoms with Crippen LogP contribution in [0.3, 0.4) is 0 Å².